The van der Waals surface area contributed by atoms with E-state index in [1.807, 2.05) is 26.8 Å². The van der Waals surface area contributed by atoms with Gasteiger partial charge in [-0.3, -0.25) is 0 Å². The van der Waals surface area contributed by atoms with E-state index in [1.54, 1.807) is 6.07 Å². The van der Waals surface area contributed by atoms with E-state index in [2.05, 4.69) is 10.0 Å². The summed E-state index contributed by atoms with van der Waals surface area (Å²) in [5, 5.41) is 3.23. The first-order chi connectivity index (χ1) is 9.94. The molecule has 1 saturated heterocycles. The molecule has 2 N–H and O–H groups in total. The summed E-state index contributed by atoms with van der Waals surface area (Å²) >= 11 is 0. The SMILES string of the molecule is CCNCc1cc(C)c(C)c(S(=O)(=O)NC2CCOC2)c1. The highest BCUT2D eigenvalue weighted by atomic mass is 32.2. The van der Waals surface area contributed by atoms with Gasteiger partial charge in [-0.25, -0.2) is 13.1 Å². The lowest BCUT2D eigenvalue weighted by Gasteiger charge is -2.16. The maximum absolute atomic E-state index is 12.6. The molecule has 1 aliphatic rings. The zero-order valence-electron chi connectivity index (χ0n) is 12.9. The maximum Gasteiger partial charge on any atom is 0.241 e. The van der Waals surface area contributed by atoms with E-state index in [1.165, 1.54) is 0 Å². The number of aryl methyl sites for hydroxylation is 1. The first-order valence-corrected chi connectivity index (χ1v) is 8.83. The highest BCUT2D eigenvalue weighted by Crippen LogP contribution is 2.22. The second-order valence-electron chi connectivity index (χ2n) is 5.50. The van der Waals surface area contributed by atoms with Gasteiger partial charge in [-0.05, 0) is 49.6 Å². The minimum absolute atomic E-state index is 0.118. The molecule has 6 heteroatoms. The molecule has 5 nitrogen and oxygen atoms in total. The molecule has 21 heavy (non-hydrogen) atoms. The van der Waals surface area contributed by atoms with Gasteiger partial charge in [0, 0.05) is 19.2 Å². The smallest absolute Gasteiger partial charge is 0.241 e. The molecule has 0 amide bonds. The molecule has 1 aromatic carbocycles. The van der Waals surface area contributed by atoms with Crippen LogP contribution in [0.2, 0.25) is 0 Å². The van der Waals surface area contributed by atoms with Crippen LogP contribution in [0, 0.1) is 13.8 Å². The summed E-state index contributed by atoms with van der Waals surface area (Å²) in [5.41, 5.74) is 2.79. The number of hydrogen-bond donors (Lipinski definition) is 2. The van der Waals surface area contributed by atoms with Gasteiger partial charge in [0.05, 0.1) is 11.5 Å². The monoisotopic (exact) mass is 312 g/mol. The fourth-order valence-corrected chi connectivity index (χ4v) is 4.08. The summed E-state index contributed by atoms with van der Waals surface area (Å²) in [6, 6.07) is 3.69. The molecule has 0 aliphatic carbocycles. The molecule has 0 aromatic heterocycles. The molecular formula is C15H24N2O3S. The minimum Gasteiger partial charge on any atom is -0.380 e. The molecule has 1 aromatic rings. The maximum atomic E-state index is 12.6. The zero-order chi connectivity index (χ0) is 15.5. The van der Waals surface area contributed by atoms with Gasteiger partial charge in [-0.15, -0.1) is 0 Å². The topological polar surface area (TPSA) is 67.4 Å². The molecule has 1 fully saturated rings. The van der Waals surface area contributed by atoms with E-state index in [0.29, 0.717) is 24.7 Å². The van der Waals surface area contributed by atoms with Crippen LogP contribution >= 0.6 is 0 Å². The lowest BCUT2D eigenvalue weighted by Crippen LogP contribution is -2.35. The third kappa shape index (κ3) is 4.03. The molecule has 0 saturated carbocycles. The molecule has 1 atom stereocenters. The van der Waals surface area contributed by atoms with Crippen LogP contribution in [0.3, 0.4) is 0 Å². The van der Waals surface area contributed by atoms with Gasteiger partial charge in [0.1, 0.15) is 0 Å². The molecule has 118 valence electrons. The summed E-state index contributed by atoms with van der Waals surface area (Å²) < 4.78 is 33.2. The first-order valence-electron chi connectivity index (χ1n) is 7.35. The molecule has 1 unspecified atom stereocenters. The van der Waals surface area contributed by atoms with E-state index >= 15 is 0 Å². The number of sulfonamides is 1. The number of hydrogen-bond acceptors (Lipinski definition) is 4. The third-order valence-electron chi connectivity index (χ3n) is 3.80. The Bertz CT molecular complexity index is 593. The van der Waals surface area contributed by atoms with Crippen LogP contribution in [0.25, 0.3) is 0 Å². The van der Waals surface area contributed by atoms with Crippen molar-refractivity contribution in [1.82, 2.24) is 10.0 Å². The van der Waals surface area contributed by atoms with Crippen molar-refractivity contribution >= 4 is 10.0 Å². The van der Waals surface area contributed by atoms with Crippen molar-refractivity contribution in [2.24, 2.45) is 0 Å². The van der Waals surface area contributed by atoms with Crippen molar-refractivity contribution < 1.29 is 13.2 Å². The largest absolute Gasteiger partial charge is 0.380 e. The van der Waals surface area contributed by atoms with Crippen molar-refractivity contribution in [3.05, 3.63) is 28.8 Å². The summed E-state index contributed by atoms with van der Waals surface area (Å²) in [4.78, 5) is 0.377. The number of benzene rings is 1. The Kier molecular flexibility index (Phi) is 5.37. The quantitative estimate of drug-likeness (QED) is 0.835. The average Bonchev–Trinajstić information content (AvgIpc) is 2.91. The normalized spacial score (nSPS) is 19.1. The molecule has 1 aliphatic heterocycles. The molecule has 1 heterocycles. The van der Waals surface area contributed by atoms with Gasteiger partial charge in [0.15, 0.2) is 0 Å². The second-order valence-corrected chi connectivity index (χ2v) is 7.18. The summed E-state index contributed by atoms with van der Waals surface area (Å²) in [7, 11) is -3.50. The van der Waals surface area contributed by atoms with E-state index in [-0.39, 0.29) is 6.04 Å². The molecule has 2 rings (SSSR count). The van der Waals surface area contributed by atoms with Crippen LogP contribution in [-0.2, 0) is 21.3 Å². The van der Waals surface area contributed by atoms with Crippen LogP contribution in [0.5, 0.6) is 0 Å². The van der Waals surface area contributed by atoms with Crippen molar-refractivity contribution in [3.8, 4) is 0 Å². The molecule has 0 spiro atoms. The highest BCUT2D eigenvalue weighted by molar-refractivity contribution is 7.89. The minimum atomic E-state index is -3.50. The van der Waals surface area contributed by atoms with Crippen LogP contribution in [-0.4, -0.2) is 34.2 Å². The lowest BCUT2D eigenvalue weighted by molar-refractivity contribution is 0.192. The fraction of sp³-hybridized carbons (Fsp3) is 0.600. The number of ether oxygens (including phenoxy) is 1. The van der Waals surface area contributed by atoms with Crippen LogP contribution in [0.1, 0.15) is 30.0 Å². The standard InChI is InChI=1S/C15H24N2O3S/c1-4-16-9-13-7-11(2)12(3)15(8-13)21(18,19)17-14-5-6-20-10-14/h7-8,14,16-17H,4-6,9-10H2,1-3H3. The van der Waals surface area contributed by atoms with Crippen molar-refractivity contribution in [1.29, 1.82) is 0 Å². The summed E-state index contributed by atoms with van der Waals surface area (Å²) in [6.45, 7) is 8.42. The zero-order valence-corrected chi connectivity index (χ0v) is 13.7. The molecule has 0 radical (unpaired) electrons. The Balaban J connectivity index is 2.29. The van der Waals surface area contributed by atoms with Gasteiger partial charge in [-0.1, -0.05) is 13.0 Å². The Labute approximate surface area is 127 Å². The van der Waals surface area contributed by atoms with Crippen LogP contribution < -0.4 is 10.0 Å². The Morgan fingerprint density at radius 3 is 2.71 bits per heavy atom. The fourth-order valence-electron chi connectivity index (χ4n) is 2.46. The third-order valence-corrected chi connectivity index (χ3v) is 5.45. The lowest BCUT2D eigenvalue weighted by atomic mass is 10.1. The molecule has 0 bridgehead atoms. The van der Waals surface area contributed by atoms with Crippen molar-refractivity contribution in [3.63, 3.8) is 0 Å². The number of rotatable bonds is 6. The van der Waals surface area contributed by atoms with E-state index < -0.39 is 10.0 Å². The van der Waals surface area contributed by atoms with Gasteiger partial charge in [-0.2, -0.15) is 0 Å². The van der Waals surface area contributed by atoms with E-state index in [0.717, 1.165) is 29.7 Å². The first kappa shape index (κ1) is 16.4. The van der Waals surface area contributed by atoms with Crippen molar-refractivity contribution in [2.75, 3.05) is 19.8 Å². The Hall–Kier alpha value is -0.950. The van der Waals surface area contributed by atoms with E-state index in [9.17, 15) is 8.42 Å². The highest BCUT2D eigenvalue weighted by Gasteiger charge is 2.25. The Morgan fingerprint density at radius 2 is 2.10 bits per heavy atom. The predicted molar refractivity (Wildman–Crippen MR) is 82.8 cm³/mol. The van der Waals surface area contributed by atoms with Crippen LogP contribution in [0.15, 0.2) is 17.0 Å². The van der Waals surface area contributed by atoms with Gasteiger partial charge in [0.25, 0.3) is 0 Å². The van der Waals surface area contributed by atoms with Gasteiger partial charge in [0.2, 0.25) is 10.0 Å². The number of nitrogens with one attached hydrogen (secondary N) is 2. The predicted octanol–water partition coefficient (Wildman–Crippen LogP) is 1.48. The second kappa shape index (κ2) is 6.87. The average molecular weight is 312 g/mol. The summed E-state index contributed by atoms with van der Waals surface area (Å²) in [5.74, 6) is 0. The van der Waals surface area contributed by atoms with Crippen molar-refractivity contribution in [2.45, 2.75) is 44.7 Å². The van der Waals surface area contributed by atoms with Gasteiger partial charge < -0.3 is 10.1 Å². The van der Waals surface area contributed by atoms with E-state index in [4.69, 9.17) is 4.74 Å². The molecular weight excluding hydrogens is 288 g/mol. The summed E-state index contributed by atoms with van der Waals surface area (Å²) in [6.07, 6.45) is 0.730. The van der Waals surface area contributed by atoms with Gasteiger partial charge >= 0.3 is 0 Å². The Morgan fingerprint density at radius 1 is 1.33 bits per heavy atom. The van der Waals surface area contributed by atoms with Crippen LogP contribution in [0.4, 0.5) is 0 Å².